The lowest BCUT2D eigenvalue weighted by Gasteiger charge is -2.34. The van der Waals surface area contributed by atoms with Gasteiger partial charge in [-0.3, -0.25) is 0 Å². The number of methoxy groups -OCH3 is 1. The smallest absolute Gasteiger partial charge is 0.243 e. The molecule has 7 nitrogen and oxygen atoms in total. The van der Waals surface area contributed by atoms with Gasteiger partial charge in [0.05, 0.1) is 17.7 Å². The monoisotopic (exact) mass is 442 g/mol. The Balaban J connectivity index is 1.44. The minimum atomic E-state index is -3.66. The van der Waals surface area contributed by atoms with Crippen molar-refractivity contribution < 1.29 is 17.5 Å². The van der Waals surface area contributed by atoms with Crippen molar-refractivity contribution in [1.29, 1.82) is 0 Å². The first-order valence-corrected chi connectivity index (χ1v) is 11.3. The van der Waals surface area contributed by atoms with Gasteiger partial charge in [0.25, 0.3) is 0 Å². The minimum Gasteiger partial charge on any atom is -0.497 e. The summed E-state index contributed by atoms with van der Waals surface area (Å²) in [6.45, 7) is 3.18. The van der Waals surface area contributed by atoms with Crippen molar-refractivity contribution in [3.8, 4) is 17.0 Å². The van der Waals surface area contributed by atoms with Crippen LogP contribution in [0.2, 0.25) is 0 Å². The summed E-state index contributed by atoms with van der Waals surface area (Å²) in [6.07, 6.45) is 0. The second kappa shape index (κ2) is 8.60. The van der Waals surface area contributed by atoms with E-state index in [1.165, 1.54) is 22.5 Å². The highest BCUT2D eigenvalue weighted by Crippen LogP contribution is 2.24. The molecular formula is C22H23FN4O3S. The third-order valence-corrected chi connectivity index (χ3v) is 7.24. The zero-order chi connectivity index (χ0) is 22.0. The fourth-order valence-electron chi connectivity index (χ4n) is 3.51. The van der Waals surface area contributed by atoms with E-state index in [9.17, 15) is 12.8 Å². The number of sulfonamides is 1. The molecule has 0 unspecified atom stereocenters. The molecule has 31 heavy (non-hydrogen) atoms. The number of ether oxygens (including phenoxy) is 1. The molecule has 0 atom stereocenters. The lowest BCUT2D eigenvalue weighted by molar-refractivity contribution is 0.383. The van der Waals surface area contributed by atoms with Gasteiger partial charge in [-0.25, -0.2) is 12.8 Å². The van der Waals surface area contributed by atoms with Crippen LogP contribution in [0.1, 0.15) is 5.56 Å². The van der Waals surface area contributed by atoms with E-state index in [4.69, 9.17) is 4.74 Å². The van der Waals surface area contributed by atoms with Crippen molar-refractivity contribution in [2.75, 3.05) is 38.2 Å². The van der Waals surface area contributed by atoms with Crippen LogP contribution >= 0.6 is 0 Å². The number of aromatic nitrogens is 2. The first-order chi connectivity index (χ1) is 14.9. The van der Waals surface area contributed by atoms with E-state index in [1.807, 2.05) is 41.3 Å². The molecule has 162 valence electrons. The lowest BCUT2D eigenvalue weighted by Crippen LogP contribution is -2.49. The van der Waals surface area contributed by atoms with Crippen molar-refractivity contribution >= 4 is 15.8 Å². The third-order valence-electron chi connectivity index (χ3n) is 5.35. The number of nitrogens with zero attached hydrogens (tertiary/aromatic N) is 4. The normalized spacial score (nSPS) is 15.1. The summed E-state index contributed by atoms with van der Waals surface area (Å²) in [5.41, 5.74) is 1.95. The van der Waals surface area contributed by atoms with Crippen LogP contribution in [0.25, 0.3) is 11.3 Å². The Labute approximate surface area is 181 Å². The highest BCUT2D eigenvalue weighted by molar-refractivity contribution is 7.89. The van der Waals surface area contributed by atoms with Gasteiger partial charge in [-0.2, -0.15) is 4.31 Å². The standard InChI is InChI=1S/C22H23FN4O3S/c1-16-14-19(6-7-20(16)23)31(28,29)27-12-10-26(11-13-27)22-9-8-21(24-25-22)17-4-3-5-18(15-17)30-2/h3-9,14-15H,10-13H2,1-2H3. The van der Waals surface area contributed by atoms with Crippen LogP contribution in [0.3, 0.4) is 0 Å². The van der Waals surface area contributed by atoms with E-state index < -0.39 is 15.8 Å². The first-order valence-electron chi connectivity index (χ1n) is 9.88. The predicted octanol–water partition coefficient (Wildman–Crippen LogP) is 3.11. The topological polar surface area (TPSA) is 75.6 Å². The van der Waals surface area contributed by atoms with Crippen LogP contribution in [-0.2, 0) is 10.0 Å². The van der Waals surface area contributed by atoms with Crippen molar-refractivity contribution in [2.24, 2.45) is 0 Å². The molecule has 0 N–H and O–H groups in total. The van der Waals surface area contributed by atoms with Crippen LogP contribution in [0.15, 0.2) is 59.5 Å². The van der Waals surface area contributed by atoms with Gasteiger partial charge in [-0.1, -0.05) is 12.1 Å². The van der Waals surface area contributed by atoms with Crippen LogP contribution in [0.5, 0.6) is 5.75 Å². The molecule has 2 heterocycles. The number of benzene rings is 2. The number of aryl methyl sites for hydroxylation is 1. The lowest BCUT2D eigenvalue weighted by atomic mass is 10.1. The number of anilines is 1. The highest BCUT2D eigenvalue weighted by atomic mass is 32.2. The zero-order valence-corrected chi connectivity index (χ0v) is 18.1. The number of hydrogen-bond acceptors (Lipinski definition) is 6. The molecule has 9 heteroatoms. The Bertz CT molecular complexity index is 1180. The van der Waals surface area contributed by atoms with Crippen LogP contribution < -0.4 is 9.64 Å². The van der Waals surface area contributed by atoms with Crippen molar-refractivity contribution in [3.63, 3.8) is 0 Å². The van der Waals surface area contributed by atoms with Gasteiger partial charge in [-0.15, -0.1) is 10.2 Å². The van der Waals surface area contributed by atoms with Crippen molar-refractivity contribution in [2.45, 2.75) is 11.8 Å². The third kappa shape index (κ3) is 4.38. The Kier molecular flexibility index (Phi) is 5.88. The summed E-state index contributed by atoms with van der Waals surface area (Å²) < 4.78 is 46.0. The van der Waals surface area contributed by atoms with E-state index in [-0.39, 0.29) is 4.90 Å². The summed E-state index contributed by atoms with van der Waals surface area (Å²) in [4.78, 5) is 2.12. The fraction of sp³-hybridized carbons (Fsp3) is 0.273. The van der Waals surface area contributed by atoms with Gasteiger partial charge in [0.2, 0.25) is 10.0 Å². The largest absolute Gasteiger partial charge is 0.497 e. The Morgan fingerprint density at radius 1 is 0.968 bits per heavy atom. The second-order valence-electron chi connectivity index (χ2n) is 7.31. The molecule has 0 aliphatic carbocycles. The maximum atomic E-state index is 13.5. The number of hydrogen-bond donors (Lipinski definition) is 0. The van der Waals surface area contributed by atoms with Crippen LogP contribution in [0.4, 0.5) is 10.2 Å². The summed E-state index contributed by atoms with van der Waals surface area (Å²) in [6, 6.07) is 15.2. The zero-order valence-electron chi connectivity index (χ0n) is 17.3. The molecule has 0 bridgehead atoms. The van der Waals surface area contributed by atoms with Gasteiger partial charge in [0.15, 0.2) is 5.82 Å². The van der Waals surface area contributed by atoms with Crippen LogP contribution in [-0.4, -0.2) is 56.2 Å². The summed E-state index contributed by atoms with van der Waals surface area (Å²) in [5, 5.41) is 8.64. The van der Waals surface area contributed by atoms with E-state index in [0.29, 0.717) is 37.6 Å². The first kappa shape index (κ1) is 21.2. The minimum absolute atomic E-state index is 0.113. The average Bonchev–Trinajstić information content (AvgIpc) is 2.81. The van der Waals surface area contributed by atoms with E-state index in [1.54, 1.807) is 14.0 Å². The van der Waals surface area contributed by atoms with E-state index >= 15 is 0 Å². The maximum Gasteiger partial charge on any atom is 0.243 e. The molecule has 1 aliphatic heterocycles. The predicted molar refractivity (Wildman–Crippen MR) is 116 cm³/mol. The van der Waals surface area contributed by atoms with E-state index in [0.717, 1.165) is 17.0 Å². The quantitative estimate of drug-likeness (QED) is 0.604. The fourth-order valence-corrected chi connectivity index (χ4v) is 5.02. The van der Waals surface area contributed by atoms with Crippen LogP contribution in [0, 0.1) is 12.7 Å². The average molecular weight is 443 g/mol. The maximum absolute atomic E-state index is 13.5. The second-order valence-corrected chi connectivity index (χ2v) is 9.25. The van der Waals surface area contributed by atoms with Gasteiger partial charge in [-0.05, 0) is 55.0 Å². The molecule has 0 radical (unpaired) electrons. The van der Waals surface area contributed by atoms with Gasteiger partial charge in [0, 0.05) is 31.7 Å². The molecule has 1 saturated heterocycles. The molecule has 3 aromatic rings. The number of piperazine rings is 1. The van der Waals surface area contributed by atoms with Gasteiger partial charge >= 0.3 is 0 Å². The Morgan fingerprint density at radius 3 is 2.39 bits per heavy atom. The molecule has 0 saturated carbocycles. The summed E-state index contributed by atoms with van der Waals surface area (Å²) >= 11 is 0. The number of halogens is 1. The van der Waals surface area contributed by atoms with Gasteiger partial charge < -0.3 is 9.64 Å². The number of rotatable bonds is 5. The molecule has 4 rings (SSSR count). The Morgan fingerprint density at radius 2 is 1.74 bits per heavy atom. The SMILES string of the molecule is COc1cccc(-c2ccc(N3CCN(S(=O)(=O)c4ccc(F)c(C)c4)CC3)nn2)c1. The molecular weight excluding hydrogens is 419 g/mol. The molecule has 2 aromatic carbocycles. The van der Waals surface area contributed by atoms with E-state index in [2.05, 4.69) is 10.2 Å². The molecule has 1 fully saturated rings. The molecule has 1 aromatic heterocycles. The summed E-state index contributed by atoms with van der Waals surface area (Å²) in [7, 11) is -2.05. The van der Waals surface area contributed by atoms with Crippen molar-refractivity contribution in [3.05, 3.63) is 66.0 Å². The highest BCUT2D eigenvalue weighted by Gasteiger charge is 2.29. The molecule has 0 amide bonds. The van der Waals surface area contributed by atoms with Crippen molar-refractivity contribution in [1.82, 2.24) is 14.5 Å². The Hall–Kier alpha value is -3.04. The van der Waals surface area contributed by atoms with Gasteiger partial charge in [0.1, 0.15) is 11.6 Å². The molecule has 1 aliphatic rings. The summed E-state index contributed by atoms with van der Waals surface area (Å²) in [5.74, 6) is 1.03. The molecule has 0 spiro atoms.